The number of pyridine rings is 1. The highest BCUT2D eigenvalue weighted by Gasteiger charge is 2.19. The van der Waals surface area contributed by atoms with Crippen LogP contribution < -0.4 is 15.5 Å². The van der Waals surface area contributed by atoms with Gasteiger partial charge in [-0.05, 0) is 38.4 Å². The number of likely N-dealkylation sites (N-methyl/N-ethyl adjacent to an activating group) is 1. The molecule has 3 heterocycles. The molecule has 0 unspecified atom stereocenters. The lowest BCUT2D eigenvalue weighted by Crippen LogP contribution is -2.45. The van der Waals surface area contributed by atoms with Crippen LogP contribution in [0.4, 0.5) is 27.7 Å². The fraction of sp³-hybridized carbons (Fsp3) is 0.550. The van der Waals surface area contributed by atoms with Gasteiger partial charge in [0.05, 0.1) is 18.1 Å². The number of rotatable bonds is 5. The Balaban J connectivity index is 1.46. The summed E-state index contributed by atoms with van der Waals surface area (Å²) in [7, 11) is 2.14. The molecule has 7 nitrogen and oxygen atoms in total. The van der Waals surface area contributed by atoms with Gasteiger partial charge < -0.3 is 20.4 Å². The number of aromatic nitrogens is 3. The van der Waals surface area contributed by atoms with Crippen LogP contribution in [0.5, 0.6) is 0 Å². The normalized spacial score (nSPS) is 18.5. The number of nitrogens with one attached hydrogen (secondary N) is 2. The molecule has 2 N–H and O–H groups in total. The lowest BCUT2D eigenvalue weighted by molar-refractivity contribution is 0.312. The Hall–Kier alpha value is -2.48. The number of hydrogen-bond donors (Lipinski definition) is 2. The van der Waals surface area contributed by atoms with Crippen molar-refractivity contribution >= 4 is 23.3 Å². The maximum atomic E-state index is 14.1. The van der Waals surface area contributed by atoms with Gasteiger partial charge in [0, 0.05) is 32.2 Å². The Kier molecular flexibility index (Phi) is 5.57. The first-order valence-electron chi connectivity index (χ1n) is 10.0. The molecule has 0 aromatic carbocycles. The average Bonchev–Trinajstić information content (AvgIpc) is 3.19. The van der Waals surface area contributed by atoms with E-state index in [0.717, 1.165) is 56.1 Å². The Labute approximate surface area is 165 Å². The molecule has 0 atom stereocenters. The predicted molar refractivity (Wildman–Crippen MR) is 110 cm³/mol. The Bertz CT molecular complexity index is 814. The zero-order valence-electron chi connectivity index (χ0n) is 16.6. The molecular weight excluding hydrogens is 357 g/mol. The zero-order chi connectivity index (χ0) is 19.5. The van der Waals surface area contributed by atoms with E-state index in [0.29, 0.717) is 12.0 Å². The third-order valence-electron chi connectivity index (χ3n) is 5.55. The average molecular weight is 385 g/mol. The summed E-state index contributed by atoms with van der Waals surface area (Å²) < 4.78 is 14.1. The van der Waals surface area contributed by atoms with Crippen molar-refractivity contribution in [3.8, 4) is 0 Å². The molecule has 1 aliphatic heterocycles. The summed E-state index contributed by atoms with van der Waals surface area (Å²) in [6.45, 7) is 6.11. The van der Waals surface area contributed by atoms with Crippen LogP contribution in [0.2, 0.25) is 0 Å². The summed E-state index contributed by atoms with van der Waals surface area (Å²) in [6, 6.07) is 2.33. The van der Waals surface area contributed by atoms with Crippen molar-refractivity contribution in [2.75, 3.05) is 48.8 Å². The molecule has 2 aliphatic rings. The monoisotopic (exact) mass is 385 g/mol. The third kappa shape index (κ3) is 4.32. The van der Waals surface area contributed by atoms with Gasteiger partial charge in [-0.25, -0.2) is 14.4 Å². The van der Waals surface area contributed by atoms with Gasteiger partial charge in [0.25, 0.3) is 0 Å². The van der Waals surface area contributed by atoms with Crippen molar-refractivity contribution in [1.82, 2.24) is 19.9 Å². The second-order valence-corrected chi connectivity index (χ2v) is 7.80. The first-order chi connectivity index (χ1) is 13.6. The van der Waals surface area contributed by atoms with Gasteiger partial charge in [-0.2, -0.15) is 4.98 Å². The lowest BCUT2D eigenvalue weighted by atomic mass is 10.2. The van der Waals surface area contributed by atoms with E-state index in [2.05, 4.69) is 49.4 Å². The van der Waals surface area contributed by atoms with Gasteiger partial charge in [-0.1, -0.05) is 12.8 Å². The number of halogens is 1. The summed E-state index contributed by atoms with van der Waals surface area (Å²) in [5, 5.41) is 6.37. The summed E-state index contributed by atoms with van der Waals surface area (Å²) in [4.78, 5) is 17.7. The first-order valence-corrected chi connectivity index (χ1v) is 10.0. The molecule has 28 heavy (non-hydrogen) atoms. The van der Waals surface area contributed by atoms with Crippen LogP contribution in [-0.4, -0.2) is 59.1 Å². The maximum Gasteiger partial charge on any atom is 0.229 e. The van der Waals surface area contributed by atoms with E-state index < -0.39 is 5.82 Å². The molecule has 1 aliphatic carbocycles. The summed E-state index contributed by atoms with van der Waals surface area (Å²) in [6.07, 6.45) is 7.48. The summed E-state index contributed by atoms with van der Waals surface area (Å²) >= 11 is 0. The molecule has 1 saturated carbocycles. The van der Waals surface area contributed by atoms with Gasteiger partial charge in [0.15, 0.2) is 11.6 Å². The minimum Gasteiger partial charge on any atom is -0.365 e. The number of piperazine rings is 1. The second kappa shape index (κ2) is 8.26. The molecule has 150 valence electrons. The van der Waals surface area contributed by atoms with Gasteiger partial charge in [0.2, 0.25) is 5.95 Å². The second-order valence-electron chi connectivity index (χ2n) is 7.80. The van der Waals surface area contributed by atoms with Crippen molar-refractivity contribution in [2.45, 2.75) is 38.6 Å². The largest absolute Gasteiger partial charge is 0.365 e. The molecule has 2 aromatic rings. The molecule has 8 heteroatoms. The molecule has 4 rings (SSSR count). The molecule has 0 radical (unpaired) electrons. The highest BCUT2D eigenvalue weighted by atomic mass is 19.1. The van der Waals surface area contributed by atoms with E-state index in [4.69, 9.17) is 0 Å². The molecule has 2 aromatic heterocycles. The van der Waals surface area contributed by atoms with E-state index in [-0.39, 0.29) is 5.82 Å². The van der Waals surface area contributed by atoms with Crippen LogP contribution in [0, 0.1) is 12.7 Å². The van der Waals surface area contributed by atoms with Crippen molar-refractivity contribution in [1.29, 1.82) is 0 Å². The van der Waals surface area contributed by atoms with E-state index in [1.54, 1.807) is 6.20 Å². The Morgan fingerprint density at radius 3 is 2.54 bits per heavy atom. The number of aryl methyl sites for hydroxylation is 1. The molecule has 0 amide bonds. The molecular formula is C20H28FN7. The molecule has 1 saturated heterocycles. The zero-order valence-corrected chi connectivity index (χ0v) is 16.6. The third-order valence-corrected chi connectivity index (χ3v) is 5.55. The van der Waals surface area contributed by atoms with Crippen LogP contribution in [0.25, 0.3) is 0 Å². The number of anilines is 4. The summed E-state index contributed by atoms with van der Waals surface area (Å²) in [5.74, 6) is 1.23. The molecule has 0 spiro atoms. The van der Waals surface area contributed by atoms with Crippen LogP contribution in [0.1, 0.15) is 31.2 Å². The van der Waals surface area contributed by atoms with E-state index in [1.807, 2.05) is 6.07 Å². The minimum atomic E-state index is -0.419. The highest BCUT2D eigenvalue weighted by Crippen LogP contribution is 2.25. The standard InChI is InChI=1S/C20H28FN7/c1-14-11-16(12-22-19(14)28-9-7-27(2)8-10-28)25-20-23-13-17(21)18(26-20)24-15-5-3-4-6-15/h11-13,15H,3-10H2,1-2H3,(H2,23,24,25,26). The van der Waals surface area contributed by atoms with Gasteiger partial charge >= 0.3 is 0 Å². The van der Waals surface area contributed by atoms with Crippen LogP contribution in [0.3, 0.4) is 0 Å². The quantitative estimate of drug-likeness (QED) is 0.819. The van der Waals surface area contributed by atoms with Gasteiger partial charge in [-0.3, -0.25) is 0 Å². The van der Waals surface area contributed by atoms with Crippen molar-refractivity contribution in [3.63, 3.8) is 0 Å². The number of nitrogens with zero attached hydrogens (tertiary/aromatic N) is 5. The SMILES string of the molecule is Cc1cc(Nc2ncc(F)c(NC3CCCC3)n2)cnc1N1CCN(C)CC1. The maximum absolute atomic E-state index is 14.1. The Morgan fingerprint density at radius 2 is 1.82 bits per heavy atom. The fourth-order valence-corrected chi connectivity index (χ4v) is 3.91. The minimum absolute atomic E-state index is 0.267. The van der Waals surface area contributed by atoms with Crippen molar-refractivity contribution < 1.29 is 4.39 Å². The van der Waals surface area contributed by atoms with Gasteiger partial charge in [0.1, 0.15) is 5.82 Å². The van der Waals surface area contributed by atoms with Crippen LogP contribution in [0.15, 0.2) is 18.5 Å². The molecule has 2 fully saturated rings. The van der Waals surface area contributed by atoms with Gasteiger partial charge in [-0.15, -0.1) is 0 Å². The Morgan fingerprint density at radius 1 is 1.07 bits per heavy atom. The van der Waals surface area contributed by atoms with Crippen LogP contribution in [-0.2, 0) is 0 Å². The van der Waals surface area contributed by atoms with Crippen molar-refractivity contribution in [3.05, 3.63) is 29.8 Å². The highest BCUT2D eigenvalue weighted by molar-refractivity contribution is 5.59. The molecule has 0 bridgehead atoms. The first kappa shape index (κ1) is 18.9. The fourth-order valence-electron chi connectivity index (χ4n) is 3.91. The smallest absolute Gasteiger partial charge is 0.229 e. The topological polar surface area (TPSA) is 69.2 Å². The summed E-state index contributed by atoms with van der Waals surface area (Å²) in [5.41, 5.74) is 1.90. The van der Waals surface area contributed by atoms with E-state index in [1.165, 1.54) is 19.0 Å². The van der Waals surface area contributed by atoms with E-state index in [9.17, 15) is 4.39 Å². The predicted octanol–water partition coefficient (Wildman–Crippen LogP) is 3.17. The number of hydrogen-bond acceptors (Lipinski definition) is 7. The van der Waals surface area contributed by atoms with Crippen LogP contribution >= 0.6 is 0 Å². The van der Waals surface area contributed by atoms with Crippen molar-refractivity contribution in [2.24, 2.45) is 0 Å². The van der Waals surface area contributed by atoms with E-state index >= 15 is 0 Å². The lowest BCUT2D eigenvalue weighted by Gasteiger charge is -2.34.